The molecule has 1 aliphatic heterocycles. The van der Waals surface area contributed by atoms with Crippen molar-refractivity contribution in [1.82, 2.24) is 14.7 Å². The van der Waals surface area contributed by atoms with Crippen LogP contribution in [-0.4, -0.2) is 33.7 Å². The molecule has 1 saturated heterocycles. The molecule has 3 heterocycles. The van der Waals surface area contributed by atoms with Gasteiger partial charge in [-0.05, 0) is 37.3 Å². The summed E-state index contributed by atoms with van der Waals surface area (Å²) in [6.07, 6.45) is 2.22. The third-order valence-corrected chi connectivity index (χ3v) is 4.36. The average molecular weight is 275 g/mol. The standard InChI is InChI=1S/C14H17N3OS/c1-2-17-12(13-6-5-9-19-13)10-11(15-17)14(18)16-7-3-4-8-16/h5-6,9-10H,2-4,7-8H2,1H3. The van der Waals surface area contributed by atoms with Crippen LogP contribution in [0.5, 0.6) is 0 Å². The molecule has 0 aromatic carbocycles. The van der Waals surface area contributed by atoms with E-state index in [4.69, 9.17) is 0 Å². The number of nitrogens with zero attached hydrogens (tertiary/aromatic N) is 3. The van der Waals surface area contributed by atoms with Crippen LogP contribution in [0, 0.1) is 0 Å². The van der Waals surface area contributed by atoms with Gasteiger partial charge in [-0.1, -0.05) is 6.07 Å². The van der Waals surface area contributed by atoms with E-state index in [1.807, 2.05) is 34.0 Å². The van der Waals surface area contributed by atoms with Crippen molar-refractivity contribution in [3.05, 3.63) is 29.3 Å². The highest BCUT2D eigenvalue weighted by Gasteiger charge is 2.23. The van der Waals surface area contributed by atoms with Crippen molar-refractivity contribution in [3.8, 4) is 10.6 Å². The van der Waals surface area contributed by atoms with Crippen LogP contribution >= 0.6 is 11.3 Å². The third kappa shape index (κ3) is 2.30. The molecule has 1 aliphatic rings. The molecule has 2 aromatic rings. The fourth-order valence-electron chi connectivity index (χ4n) is 2.47. The second kappa shape index (κ2) is 5.17. The van der Waals surface area contributed by atoms with Gasteiger partial charge in [0, 0.05) is 19.6 Å². The van der Waals surface area contributed by atoms with E-state index < -0.39 is 0 Å². The normalized spacial score (nSPS) is 15.1. The lowest BCUT2D eigenvalue weighted by Crippen LogP contribution is -2.28. The first-order valence-corrected chi connectivity index (χ1v) is 7.58. The first-order valence-electron chi connectivity index (χ1n) is 6.70. The lowest BCUT2D eigenvalue weighted by atomic mass is 10.3. The summed E-state index contributed by atoms with van der Waals surface area (Å²) in [5.74, 6) is 0.0718. The largest absolute Gasteiger partial charge is 0.337 e. The number of hydrogen-bond acceptors (Lipinski definition) is 3. The van der Waals surface area contributed by atoms with Gasteiger partial charge in [-0.3, -0.25) is 9.48 Å². The maximum absolute atomic E-state index is 12.4. The van der Waals surface area contributed by atoms with Gasteiger partial charge in [-0.2, -0.15) is 5.10 Å². The van der Waals surface area contributed by atoms with Crippen molar-refractivity contribution in [2.24, 2.45) is 0 Å². The molecule has 0 N–H and O–H groups in total. The Balaban J connectivity index is 1.93. The number of hydrogen-bond donors (Lipinski definition) is 0. The van der Waals surface area contributed by atoms with Crippen molar-refractivity contribution >= 4 is 17.2 Å². The molecule has 0 atom stereocenters. The Morgan fingerprint density at radius 2 is 2.21 bits per heavy atom. The summed E-state index contributed by atoms with van der Waals surface area (Å²) in [4.78, 5) is 15.4. The fourth-order valence-corrected chi connectivity index (χ4v) is 3.21. The van der Waals surface area contributed by atoms with Crippen LogP contribution in [0.15, 0.2) is 23.6 Å². The van der Waals surface area contributed by atoms with E-state index in [0.29, 0.717) is 5.69 Å². The number of carbonyl (C=O) groups is 1. The summed E-state index contributed by atoms with van der Waals surface area (Å²) >= 11 is 1.68. The topological polar surface area (TPSA) is 38.1 Å². The van der Waals surface area contributed by atoms with Crippen LogP contribution in [0.2, 0.25) is 0 Å². The number of carbonyl (C=O) groups excluding carboxylic acids is 1. The van der Waals surface area contributed by atoms with E-state index in [2.05, 4.69) is 11.2 Å². The molecule has 0 saturated carbocycles. The smallest absolute Gasteiger partial charge is 0.274 e. The molecule has 3 rings (SSSR count). The lowest BCUT2D eigenvalue weighted by molar-refractivity contribution is 0.0786. The summed E-state index contributed by atoms with van der Waals surface area (Å²) in [6, 6.07) is 6.02. The Morgan fingerprint density at radius 3 is 2.84 bits per heavy atom. The van der Waals surface area contributed by atoms with E-state index in [1.165, 1.54) is 0 Å². The molecule has 100 valence electrons. The minimum absolute atomic E-state index is 0.0718. The SMILES string of the molecule is CCn1nc(C(=O)N2CCCC2)cc1-c1cccs1. The molecule has 0 spiro atoms. The van der Waals surface area contributed by atoms with Gasteiger partial charge in [0.2, 0.25) is 0 Å². The molecular formula is C14H17N3OS. The first kappa shape index (κ1) is 12.4. The highest BCUT2D eigenvalue weighted by atomic mass is 32.1. The van der Waals surface area contributed by atoms with Crippen molar-refractivity contribution in [2.75, 3.05) is 13.1 Å². The minimum Gasteiger partial charge on any atom is -0.337 e. The quantitative estimate of drug-likeness (QED) is 0.864. The number of aryl methyl sites for hydroxylation is 1. The van der Waals surface area contributed by atoms with Crippen molar-refractivity contribution in [3.63, 3.8) is 0 Å². The Bertz CT molecular complexity index is 568. The van der Waals surface area contributed by atoms with Crippen molar-refractivity contribution in [2.45, 2.75) is 26.3 Å². The van der Waals surface area contributed by atoms with Crippen LogP contribution in [0.25, 0.3) is 10.6 Å². The zero-order valence-corrected chi connectivity index (χ0v) is 11.8. The van der Waals surface area contributed by atoms with Crippen LogP contribution in [0.3, 0.4) is 0 Å². The predicted molar refractivity (Wildman–Crippen MR) is 76.4 cm³/mol. The van der Waals surface area contributed by atoms with E-state index in [-0.39, 0.29) is 5.91 Å². The van der Waals surface area contributed by atoms with Crippen LogP contribution in [-0.2, 0) is 6.54 Å². The maximum Gasteiger partial charge on any atom is 0.274 e. The first-order chi connectivity index (χ1) is 9.29. The molecule has 5 heteroatoms. The third-order valence-electron chi connectivity index (χ3n) is 3.47. The molecule has 0 radical (unpaired) electrons. The molecule has 19 heavy (non-hydrogen) atoms. The molecule has 2 aromatic heterocycles. The van der Waals surface area contributed by atoms with Gasteiger partial charge in [0.05, 0.1) is 10.6 Å². The maximum atomic E-state index is 12.4. The number of likely N-dealkylation sites (tertiary alicyclic amines) is 1. The van der Waals surface area contributed by atoms with Crippen molar-refractivity contribution < 1.29 is 4.79 Å². The summed E-state index contributed by atoms with van der Waals surface area (Å²) in [5, 5.41) is 6.51. The molecule has 4 nitrogen and oxygen atoms in total. The molecule has 1 fully saturated rings. The van der Waals surface area contributed by atoms with E-state index in [1.54, 1.807) is 11.3 Å². The highest BCUT2D eigenvalue weighted by molar-refractivity contribution is 7.13. The summed E-state index contributed by atoms with van der Waals surface area (Å²) in [5.41, 5.74) is 1.62. The predicted octanol–water partition coefficient (Wildman–Crippen LogP) is 2.87. The summed E-state index contributed by atoms with van der Waals surface area (Å²) in [6.45, 7) is 4.56. The van der Waals surface area contributed by atoms with E-state index >= 15 is 0 Å². The Morgan fingerprint density at radius 1 is 1.42 bits per heavy atom. The van der Waals surface area contributed by atoms with Gasteiger partial charge in [-0.15, -0.1) is 11.3 Å². The zero-order valence-electron chi connectivity index (χ0n) is 11.0. The molecular weight excluding hydrogens is 258 g/mol. The number of thiophene rings is 1. The second-order valence-corrected chi connectivity index (χ2v) is 5.65. The average Bonchev–Trinajstić information content (AvgIpc) is 3.16. The minimum atomic E-state index is 0.0718. The van der Waals surface area contributed by atoms with Gasteiger partial charge >= 0.3 is 0 Å². The lowest BCUT2D eigenvalue weighted by Gasteiger charge is -2.12. The number of rotatable bonds is 3. The zero-order chi connectivity index (χ0) is 13.2. The Kier molecular flexibility index (Phi) is 3.38. The van der Waals surface area contributed by atoms with Gasteiger partial charge in [0.1, 0.15) is 0 Å². The van der Waals surface area contributed by atoms with Crippen LogP contribution < -0.4 is 0 Å². The van der Waals surface area contributed by atoms with E-state index in [0.717, 1.165) is 43.0 Å². The highest BCUT2D eigenvalue weighted by Crippen LogP contribution is 2.26. The number of aromatic nitrogens is 2. The van der Waals surface area contributed by atoms with Gasteiger partial charge < -0.3 is 4.90 Å². The van der Waals surface area contributed by atoms with E-state index in [9.17, 15) is 4.79 Å². The van der Waals surface area contributed by atoms with Gasteiger partial charge in [0.15, 0.2) is 5.69 Å². The molecule has 0 unspecified atom stereocenters. The van der Waals surface area contributed by atoms with Crippen LogP contribution in [0.4, 0.5) is 0 Å². The molecule has 0 aliphatic carbocycles. The Labute approximate surface area is 116 Å². The van der Waals surface area contributed by atoms with Gasteiger partial charge in [-0.25, -0.2) is 0 Å². The van der Waals surface area contributed by atoms with Crippen LogP contribution in [0.1, 0.15) is 30.3 Å². The second-order valence-electron chi connectivity index (χ2n) is 4.71. The monoisotopic (exact) mass is 275 g/mol. The molecule has 0 bridgehead atoms. The summed E-state index contributed by atoms with van der Waals surface area (Å²) in [7, 11) is 0. The Hall–Kier alpha value is -1.62. The number of amides is 1. The van der Waals surface area contributed by atoms with Gasteiger partial charge in [0.25, 0.3) is 5.91 Å². The summed E-state index contributed by atoms with van der Waals surface area (Å²) < 4.78 is 1.91. The molecule has 1 amide bonds. The van der Waals surface area contributed by atoms with Crippen molar-refractivity contribution in [1.29, 1.82) is 0 Å². The fraction of sp³-hybridized carbons (Fsp3) is 0.429.